The van der Waals surface area contributed by atoms with E-state index >= 15 is 0 Å². The largest absolute Gasteiger partial charge is 0.316 e. The van der Waals surface area contributed by atoms with E-state index in [0.717, 1.165) is 36.1 Å². The molecule has 0 saturated carbocycles. The predicted octanol–water partition coefficient (Wildman–Crippen LogP) is 1.95. The molecule has 2 heterocycles. The Balaban J connectivity index is 2.00. The zero-order valence-electron chi connectivity index (χ0n) is 9.90. The summed E-state index contributed by atoms with van der Waals surface area (Å²) >= 11 is 3.45. The number of carbonyl (C=O) groups is 1. The van der Waals surface area contributed by atoms with Gasteiger partial charge >= 0.3 is 0 Å². The Bertz CT molecular complexity index is 509. The van der Waals surface area contributed by atoms with Gasteiger partial charge in [-0.3, -0.25) is 14.7 Å². The molecule has 1 fully saturated rings. The number of carbonyl (C=O) groups excluding carboxylic acids is 1. The fourth-order valence-electron chi connectivity index (χ4n) is 2.66. The van der Waals surface area contributed by atoms with E-state index in [9.17, 15) is 4.79 Å². The average molecular weight is 308 g/mol. The van der Waals surface area contributed by atoms with Crippen LogP contribution in [0, 0.1) is 0 Å². The molecule has 0 bridgehead atoms. The zero-order valence-corrected chi connectivity index (χ0v) is 11.5. The van der Waals surface area contributed by atoms with Crippen molar-refractivity contribution in [2.24, 2.45) is 4.99 Å². The van der Waals surface area contributed by atoms with Gasteiger partial charge in [0, 0.05) is 23.0 Å². The van der Waals surface area contributed by atoms with Crippen LogP contribution in [0.2, 0.25) is 0 Å². The molecule has 4 nitrogen and oxygen atoms in total. The first-order chi connectivity index (χ1) is 8.71. The Labute approximate surface area is 114 Å². The molecule has 1 aromatic rings. The molecular formula is C13H14BrN3O. The molecule has 0 radical (unpaired) electrons. The topological polar surface area (TPSA) is 44.7 Å². The standard InChI is InChI=1S/C13H14BrN3O/c14-10-2-1-3-11(8-10)17-12(18)9-16-13(17)4-6-15-7-5-13/h1-3,8-9,15H,4-7H2. The molecule has 0 atom stereocenters. The Morgan fingerprint density at radius 2 is 2.11 bits per heavy atom. The monoisotopic (exact) mass is 307 g/mol. The number of halogens is 1. The van der Waals surface area contributed by atoms with Crippen molar-refractivity contribution in [3.05, 3.63) is 28.7 Å². The summed E-state index contributed by atoms with van der Waals surface area (Å²) in [5.41, 5.74) is 0.539. The van der Waals surface area contributed by atoms with E-state index in [-0.39, 0.29) is 11.6 Å². The fourth-order valence-corrected chi connectivity index (χ4v) is 3.05. The fraction of sp³-hybridized carbons (Fsp3) is 0.385. The van der Waals surface area contributed by atoms with E-state index < -0.39 is 0 Å². The first-order valence-corrected chi connectivity index (χ1v) is 6.86. The molecule has 5 heteroatoms. The summed E-state index contributed by atoms with van der Waals surface area (Å²) in [4.78, 5) is 18.4. The van der Waals surface area contributed by atoms with Crippen LogP contribution >= 0.6 is 15.9 Å². The minimum absolute atomic E-state index is 0.0185. The molecule has 2 aliphatic heterocycles. The summed E-state index contributed by atoms with van der Waals surface area (Å²) < 4.78 is 0.976. The van der Waals surface area contributed by atoms with Crippen molar-refractivity contribution in [2.75, 3.05) is 18.0 Å². The second-order valence-corrected chi connectivity index (χ2v) is 5.56. The number of hydrogen-bond donors (Lipinski definition) is 1. The lowest BCUT2D eigenvalue weighted by Crippen LogP contribution is -2.52. The number of nitrogens with zero attached hydrogens (tertiary/aromatic N) is 2. The molecule has 0 aliphatic carbocycles. The SMILES string of the molecule is O=C1C=NC2(CCNCC2)N1c1cccc(Br)c1. The van der Waals surface area contributed by atoms with Gasteiger partial charge < -0.3 is 5.32 Å². The lowest BCUT2D eigenvalue weighted by atomic mass is 9.97. The van der Waals surface area contributed by atoms with Crippen molar-refractivity contribution >= 4 is 33.7 Å². The second kappa shape index (κ2) is 4.48. The van der Waals surface area contributed by atoms with Gasteiger partial charge in [0.05, 0.1) is 6.21 Å². The second-order valence-electron chi connectivity index (χ2n) is 4.64. The maximum absolute atomic E-state index is 12.1. The summed E-state index contributed by atoms with van der Waals surface area (Å²) in [7, 11) is 0. The number of amides is 1. The van der Waals surface area contributed by atoms with Gasteiger partial charge in [0.2, 0.25) is 0 Å². The van der Waals surface area contributed by atoms with E-state index in [2.05, 4.69) is 26.2 Å². The van der Waals surface area contributed by atoms with Gasteiger partial charge in [-0.15, -0.1) is 0 Å². The van der Waals surface area contributed by atoms with Crippen molar-refractivity contribution in [3.8, 4) is 0 Å². The number of benzene rings is 1. The van der Waals surface area contributed by atoms with Gasteiger partial charge in [-0.1, -0.05) is 22.0 Å². The molecule has 0 aromatic heterocycles. The van der Waals surface area contributed by atoms with Crippen molar-refractivity contribution in [1.82, 2.24) is 5.32 Å². The Morgan fingerprint density at radius 3 is 2.83 bits per heavy atom. The van der Waals surface area contributed by atoms with Gasteiger partial charge in [0.25, 0.3) is 5.91 Å². The number of piperidine rings is 1. The number of rotatable bonds is 1. The predicted molar refractivity (Wildman–Crippen MR) is 75.0 cm³/mol. The minimum atomic E-state index is -0.372. The number of nitrogens with one attached hydrogen (secondary N) is 1. The Morgan fingerprint density at radius 1 is 1.33 bits per heavy atom. The van der Waals surface area contributed by atoms with Crippen molar-refractivity contribution in [1.29, 1.82) is 0 Å². The summed E-state index contributed by atoms with van der Waals surface area (Å²) in [6.07, 6.45) is 3.19. The smallest absolute Gasteiger partial charge is 0.271 e. The van der Waals surface area contributed by atoms with Crippen LogP contribution in [0.5, 0.6) is 0 Å². The molecule has 1 amide bonds. The van der Waals surface area contributed by atoms with Crippen molar-refractivity contribution < 1.29 is 4.79 Å². The minimum Gasteiger partial charge on any atom is -0.316 e. The highest BCUT2D eigenvalue weighted by atomic mass is 79.9. The van der Waals surface area contributed by atoms with E-state index in [4.69, 9.17) is 0 Å². The van der Waals surface area contributed by atoms with Crippen LogP contribution < -0.4 is 10.2 Å². The third kappa shape index (κ3) is 1.87. The number of hydrogen-bond acceptors (Lipinski definition) is 3. The molecule has 2 aliphatic rings. The highest BCUT2D eigenvalue weighted by molar-refractivity contribution is 9.10. The van der Waals surface area contributed by atoms with E-state index in [0.29, 0.717) is 0 Å². The third-order valence-electron chi connectivity index (χ3n) is 3.52. The molecule has 0 unspecified atom stereocenters. The first-order valence-electron chi connectivity index (χ1n) is 6.07. The third-order valence-corrected chi connectivity index (χ3v) is 4.02. The summed E-state index contributed by atoms with van der Waals surface area (Å²) in [5, 5.41) is 3.31. The lowest BCUT2D eigenvalue weighted by molar-refractivity contribution is -0.112. The van der Waals surface area contributed by atoms with Crippen molar-refractivity contribution in [2.45, 2.75) is 18.5 Å². The van der Waals surface area contributed by atoms with Gasteiger partial charge in [-0.05, 0) is 31.3 Å². The maximum atomic E-state index is 12.1. The Kier molecular flexibility index (Phi) is 2.95. The van der Waals surface area contributed by atoms with Gasteiger partial charge in [-0.2, -0.15) is 0 Å². The number of anilines is 1. The van der Waals surface area contributed by atoms with Gasteiger partial charge in [0.1, 0.15) is 5.66 Å². The number of aliphatic imine (C=N–C) groups is 1. The quantitative estimate of drug-likeness (QED) is 0.862. The molecule has 1 saturated heterocycles. The molecule has 3 rings (SSSR count). The molecule has 18 heavy (non-hydrogen) atoms. The first kappa shape index (κ1) is 11.9. The van der Waals surface area contributed by atoms with Gasteiger partial charge in [0.15, 0.2) is 0 Å². The molecule has 1 N–H and O–H groups in total. The van der Waals surface area contributed by atoms with Crippen LogP contribution in [0.25, 0.3) is 0 Å². The highest BCUT2D eigenvalue weighted by Gasteiger charge is 2.44. The molecule has 1 aromatic carbocycles. The molecular weight excluding hydrogens is 294 g/mol. The zero-order chi connectivity index (χ0) is 12.6. The van der Waals surface area contributed by atoms with Crippen LogP contribution in [0.1, 0.15) is 12.8 Å². The van der Waals surface area contributed by atoms with Gasteiger partial charge in [-0.25, -0.2) is 0 Å². The van der Waals surface area contributed by atoms with E-state index in [1.165, 1.54) is 6.21 Å². The van der Waals surface area contributed by atoms with E-state index in [1.54, 1.807) is 0 Å². The normalized spacial score (nSPS) is 21.8. The van der Waals surface area contributed by atoms with Crippen molar-refractivity contribution in [3.63, 3.8) is 0 Å². The lowest BCUT2D eigenvalue weighted by Gasteiger charge is -2.39. The van der Waals surface area contributed by atoms with E-state index in [1.807, 2.05) is 29.2 Å². The summed E-state index contributed by atoms with van der Waals surface area (Å²) in [6, 6.07) is 7.83. The van der Waals surface area contributed by atoms with Crippen LogP contribution in [0.4, 0.5) is 5.69 Å². The highest BCUT2D eigenvalue weighted by Crippen LogP contribution is 2.36. The maximum Gasteiger partial charge on any atom is 0.271 e. The summed E-state index contributed by atoms with van der Waals surface area (Å²) in [6.45, 7) is 1.80. The molecule has 1 spiro atoms. The molecule has 94 valence electrons. The average Bonchev–Trinajstić information content (AvgIpc) is 2.67. The van der Waals surface area contributed by atoms with Crippen LogP contribution in [0.3, 0.4) is 0 Å². The van der Waals surface area contributed by atoms with Crippen LogP contribution in [0.15, 0.2) is 33.7 Å². The van der Waals surface area contributed by atoms with Crippen LogP contribution in [-0.2, 0) is 4.79 Å². The summed E-state index contributed by atoms with van der Waals surface area (Å²) in [5.74, 6) is -0.0185. The Hall–Kier alpha value is -1.20. The van der Waals surface area contributed by atoms with Crippen LogP contribution in [-0.4, -0.2) is 30.9 Å².